The highest BCUT2D eigenvalue weighted by atomic mass is 32.1. The van der Waals surface area contributed by atoms with E-state index in [4.69, 9.17) is 10.5 Å². The van der Waals surface area contributed by atoms with Crippen LogP contribution < -0.4 is 11.1 Å². The second-order valence-electron chi connectivity index (χ2n) is 7.65. The number of nitrogens with one attached hydrogen (secondary N) is 1. The van der Waals surface area contributed by atoms with Gasteiger partial charge in [0.05, 0.1) is 11.1 Å². The first-order chi connectivity index (χ1) is 15.3. The summed E-state index contributed by atoms with van der Waals surface area (Å²) in [6, 6.07) is 7.59. The SMILES string of the molecule is Cc1cc(C(=O)OCC(=O)Nc2sc3c(c2C(N)=O)CCC3)c(C)n1-c1ccc(F)cc1. The molecule has 0 aliphatic heterocycles. The maximum atomic E-state index is 13.2. The van der Waals surface area contributed by atoms with Crippen LogP contribution in [-0.2, 0) is 22.4 Å². The average Bonchev–Trinajstić information content (AvgIpc) is 3.40. The van der Waals surface area contributed by atoms with Gasteiger partial charge in [0.2, 0.25) is 0 Å². The standard InChI is InChI=1S/C23H22FN3O4S/c1-12-10-17(13(2)27(12)15-8-6-14(24)7-9-15)23(30)31-11-19(28)26-22-20(21(25)29)16-4-3-5-18(16)32-22/h6-10H,3-5,11H2,1-2H3,(H2,25,29)(H,26,28). The Bertz CT molecular complexity index is 1230. The summed E-state index contributed by atoms with van der Waals surface area (Å²) in [4.78, 5) is 37.9. The Labute approximate surface area is 188 Å². The second kappa shape index (κ2) is 8.58. The predicted octanol–water partition coefficient (Wildman–Crippen LogP) is 3.68. The van der Waals surface area contributed by atoms with Gasteiger partial charge in [0.25, 0.3) is 11.8 Å². The molecule has 0 radical (unpaired) electrons. The third kappa shape index (κ3) is 4.03. The number of fused-ring (bicyclic) bond motifs is 1. The monoisotopic (exact) mass is 455 g/mol. The van der Waals surface area contributed by atoms with Gasteiger partial charge >= 0.3 is 5.97 Å². The zero-order chi connectivity index (χ0) is 23.0. The molecule has 1 aromatic carbocycles. The molecule has 9 heteroatoms. The number of thiophene rings is 1. The third-order valence-corrected chi connectivity index (χ3v) is 6.70. The number of ether oxygens (including phenoxy) is 1. The molecule has 0 bridgehead atoms. The summed E-state index contributed by atoms with van der Waals surface area (Å²) in [5.74, 6) is -2.12. The normalized spacial score (nSPS) is 12.5. The number of carbonyl (C=O) groups is 3. The summed E-state index contributed by atoms with van der Waals surface area (Å²) in [5, 5.41) is 3.05. The largest absolute Gasteiger partial charge is 0.452 e. The maximum absolute atomic E-state index is 13.2. The van der Waals surface area contributed by atoms with E-state index in [0.29, 0.717) is 27.5 Å². The number of aryl methyl sites for hydroxylation is 2. The number of amides is 2. The molecule has 0 spiro atoms. The number of hydrogen-bond acceptors (Lipinski definition) is 5. The lowest BCUT2D eigenvalue weighted by Gasteiger charge is -2.10. The van der Waals surface area contributed by atoms with Crippen LogP contribution in [0.1, 0.15) is 49.0 Å². The first-order valence-corrected chi connectivity index (χ1v) is 10.9. The van der Waals surface area contributed by atoms with Gasteiger partial charge in [-0.25, -0.2) is 9.18 Å². The van der Waals surface area contributed by atoms with Crippen LogP contribution in [-0.4, -0.2) is 29.0 Å². The quantitative estimate of drug-likeness (QED) is 0.554. The van der Waals surface area contributed by atoms with Crippen LogP contribution in [0.5, 0.6) is 0 Å². The molecule has 4 rings (SSSR count). The molecular formula is C23H22FN3O4S. The van der Waals surface area contributed by atoms with Crippen molar-refractivity contribution in [3.8, 4) is 5.69 Å². The highest BCUT2D eigenvalue weighted by Gasteiger charge is 2.26. The van der Waals surface area contributed by atoms with Crippen LogP contribution >= 0.6 is 11.3 Å². The minimum Gasteiger partial charge on any atom is -0.452 e. The molecule has 1 aliphatic rings. The van der Waals surface area contributed by atoms with E-state index >= 15 is 0 Å². The summed E-state index contributed by atoms with van der Waals surface area (Å²) in [5.41, 5.74) is 9.17. The number of nitrogens with two attached hydrogens (primary N) is 1. The minimum absolute atomic E-state index is 0.313. The van der Waals surface area contributed by atoms with Crippen LogP contribution in [0.4, 0.5) is 9.39 Å². The average molecular weight is 456 g/mol. The number of halogens is 1. The first-order valence-electron chi connectivity index (χ1n) is 10.1. The van der Waals surface area contributed by atoms with Crippen LogP contribution in [0.15, 0.2) is 30.3 Å². The number of anilines is 1. The number of nitrogens with zero attached hydrogens (tertiary/aromatic N) is 1. The summed E-state index contributed by atoms with van der Waals surface area (Å²) in [6.07, 6.45) is 2.58. The molecule has 3 N–H and O–H groups in total. The lowest BCUT2D eigenvalue weighted by atomic mass is 10.1. The Balaban J connectivity index is 1.45. The number of primary amides is 1. The first kappa shape index (κ1) is 21.8. The highest BCUT2D eigenvalue weighted by molar-refractivity contribution is 7.17. The van der Waals surface area contributed by atoms with Gasteiger partial charge in [0.15, 0.2) is 6.61 Å². The third-order valence-electron chi connectivity index (χ3n) is 5.49. The molecule has 0 saturated heterocycles. The Hall–Kier alpha value is -3.46. The zero-order valence-electron chi connectivity index (χ0n) is 17.7. The van der Waals surface area contributed by atoms with Gasteiger partial charge in [0.1, 0.15) is 10.8 Å². The van der Waals surface area contributed by atoms with Crippen molar-refractivity contribution >= 4 is 34.1 Å². The van der Waals surface area contributed by atoms with E-state index in [1.165, 1.54) is 23.5 Å². The van der Waals surface area contributed by atoms with Crippen molar-refractivity contribution in [1.29, 1.82) is 0 Å². The van der Waals surface area contributed by atoms with Crippen molar-refractivity contribution in [3.63, 3.8) is 0 Å². The highest BCUT2D eigenvalue weighted by Crippen LogP contribution is 2.38. The predicted molar refractivity (Wildman–Crippen MR) is 119 cm³/mol. The van der Waals surface area contributed by atoms with Crippen molar-refractivity contribution in [1.82, 2.24) is 4.57 Å². The number of rotatable bonds is 6. The lowest BCUT2D eigenvalue weighted by Crippen LogP contribution is -2.23. The van der Waals surface area contributed by atoms with Crippen molar-refractivity contribution in [2.45, 2.75) is 33.1 Å². The molecule has 0 unspecified atom stereocenters. The molecule has 3 aromatic rings. The number of carbonyl (C=O) groups excluding carboxylic acids is 3. The molecule has 0 atom stereocenters. The van der Waals surface area contributed by atoms with Gasteiger partial charge in [-0.15, -0.1) is 11.3 Å². The second-order valence-corrected chi connectivity index (χ2v) is 8.75. The molecule has 166 valence electrons. The fourth-order valence-corrected chi connectivity index (χ4v) is 5.39. The molecule has 2 aromatic heterocycles. The maximum Gasteiger partial charge on any atom is 0.340 e. The number of hydrogen-bond donors (Lipinski definition) is 2. The topological polar surface area (TPSA) is 103 Å². The summed E-state index contributed by atoms with van der Waals surface area (Å²) in [6.45, 7) is 3.07. The van der Waals surface area contributed by atoms with Gasteiger partial charge in [-0.2, -0.15) is 0 Å². The van der Waals surface area contributed by atoms with Gasteiger partial charge in [0, 0.05) is 22.0 Å². The zero-order valence-corrected chi connectivity index (χ0v) is 18.5. The van der Waals surface area contributed by atoms with E-state index in [9.17, 15) is 18.8 Å². The Morgan fingerprint density at radius 2 is 1.91 bits per heavy atom. The van der Waals surface area contributed by atoms with E-state index in [2.05, 4.69) is 5.32 Å². The molecular weight excluding hydrogens is 433 g/mol. The Morgan fingerprint density at radius 1 is 1.19 bits per heavy atom. The Kier molecular flexibility index (Phi) is 5.84. The summed E-state index contributed by atoms with van der Waals surface area (Å²) < 4.78 is 20.3. The molecule has 2 heterocycles. The van der Waals surface area contributed by atoms with E-state index < -0.39 is 24.4 Å². The number of aromatic nitrogens is 1. The van der Waals surface area contributed by atoms with E-state index in [1.807, 2.05) is 11.5 Å². The van der Waals surface area contributed by atoms with Gasteiger partial charge < -0.3 is 20.4 Å². The van der Waals surface area contributed by atoms with Crippen LogP contribution in [0.25, 0.3) is 5.69 Å². The van der Waals surface area contributed by atoms with Crippen LogP contribution in [0.2, 0.25) is 0 Å². The van der Waals surface area contributed by atoms with Crippen molar-refractivity contribution in [2.24, 2.45) is 5.73 Å². The molecule has 0 saturated carbocycles. The summed E-state index contributed by atoms with van der Waals surface area (Å²) in [7, 11) is 0. The fourth-order valence-electron chi connectivity index (χ4n) is 4.08. The van der Waals surface area contributed by atoms with Gasteiger partial charge in [-0.05, 0) is 69.0 Å². The summed E-state index contributed by atoms with van der Waals surface area (Å²) >= 11 is 1.34. The van der Waals surface area contributed by atoms with Crippen molar-refractivity contribution < 1.29 is 23.5 Å². The van der Waals surface area contributed by atoms with Crippen molar-refractivity contribution in [2.75, 3.05) is 11.9 Å². The fraction of sp³-hybridized carbons (Fsp3) is 0.261. The van der Waals surface area contributed by atoms with Crippen LogP contribution in [0, 0.1) is 19.7 Å². The van der Waals surface area contributed by atoms with E-state index in [1.54, 1.807) is 25.1 Å². The van der Waals surface area contributed by atoms with Gasteiger partial charge in [-0.3, -0.25) is 9.59 Å². The molecule has 7 nitrogen and oxygen atoms in total. The van der Waals surface area contributed by atoms with E-state index in [-0.39, 0.29) is 5.82 Å². The number of esters is 1. The molecule has 1 aliphatic carbocycles. The number of benzene rings is 1. The lowest BCUT2D eigenvalue weighted by molar-refractivity contribution is -0.119. The molecule has 0 fully saturated rings. The van der Waals surface area contributed by atoms with Crippen LogP contribution in [0.3, 0.4) is 0 Å². The molecule has 32 heavy (non-hydrogen) atoms. The van der Waals surface area contributed by atoms with Crippen molar-refractivity contribution in [3.05, 3.63) is 69.1 Å². The Morgan fingerprint density at radius 3 is 2.59 bits per heavy atom. The van der Waals surface area contributed by atoms with Gasteiger partial charge in [-0.1, -0.05) is 0 Å². The van der Waals surface area contributed by atoms with E-state index in [0.717, 1.165) is 35.4 Å². The minimum atomic E-state index is -0.648. The smallest absolute Gasteiger partial charge is 0.340 e. The molecule has 2 amide bonds.